The number of nitrogens with zero attached hydrogens (tertiary/aromatic N) is 2. The Balaban J connectivity index is 1.78. The average Bonchev–Trinajstić information content (AvgIpc) is 2.59. The molecule has 3 aromatic rings. The molecule has 0 unspecified atom stereocenters. The molecule has 1 aromatic carbocycles. The first-order valence-electron chi connectivity index (χ1n) is 7.55. The highest BCUT2D eigenvalue weighted by Crippen LogP contribution is 2.19. The van der Waals surface area contributed by atoms with Crippen LogP contribution in [0.5, 0.6) is 0 Å². The summed E-state index contributed by atoms with van der Waals surface area (Å²) in [5.74, 6) is 0. The molecule has 2 aromatic heterocycles. The number of nitrogens with two attached hydrogens (primary N) is 2. The summed E-state index contributed by atoms with van der Waals surface area (Å²) < 4.78 is 0. The fraction of sp³-hybridized carbons (Fsp3) is 0.111. The smallest absolute Gasteiger partial charge is 0.129 e. The Bertz CT molecular complexity index is 874. The van der Waals surface area contributed by atoms with Gasteiger partial charge in [-0.2, -0.15) is 0 Å². The van der Waals surface area contributed by atoms with E-state index < -0.39 is 0 Å². The van der Waals surface area contributed by atoms with Crippen molar-refractivity contribution in [2.24, 2.45) is 5.73 Å². The molecular weight excluding hydrogens is 322 g/mol. The van der Waals surface area contributed by atoms with Gasteiger partial charge in [0.2, 0.25) is 0 Å². The number of aromatic nitrogens is 2. The monoisotopic (exact) mass is 339 g/mol. The molecule has 0 amide bonds. The third kappa shape index (κ3) is 3.82. The fourth-order valence-electron chi connectivity index (χ4n) is 2.35. The number of nitrogen functional groups attached to an aromatic ring is 1. The normalized spacial score (nSPS) is 11.7. The van der Waals surface area contributed by atoms with E-state index in [1.807, 2.05) is 42.6 Å². The van der Waals surface area contributed by atoms with Gasteiger partial charge in [0.05, 0.1) is 11.0 Å². The molecule has 24 heavy (non-hydrogen) atoms. The molecule has 0 saturated heterocycles. The Morgan fingerprint density at radius 2 is 1.92 bits per heavy atom. The van der Waals surface area contributed by atoms with E-state index in [2.05, 4.69) is 15.3 Å². The summed E-state index contributed by atoms with van der Waals surface area (Å²) in [5, 5.41) is 3.72. The first kappa shape index (κ1) is 16.2. The molecule has 5 nitrogen and oxygen atoms in total. The summed E-state index contributed by atoms with van der Waals surface area (Å²) in [6.45, 7) is 1.08. The van der Waals surface area contributed by atoms with E-state index in [0.29, 0.717) is 18.2 Å². The Kier molecular flexibility index (Phi) is 4.93. The quantitative estimate of drug-likeness (QED) is 0.491. The minimum Gasteiger partial charge on any atom is -0.399 e. The van der Waals surface area contributed by atoms with Crippen LogP contribution in [0, 0.1) is 0 Å². The van der Waals surface area contributed by atoms with E-state index in [0.717, 1.165) is 33.4 Å². The second-order valence-corrected chi connectivity index (χ2v) is 5.78. The van der Waals surface area contributed by atoms with Gasteiger partial charge in [0, 0.05) is 36.7 Å². The summed E-state index contributed by atoms with van der Waals surface area (Å²) in [6.07, 6.45) is 3.70. The van der Waals surface area contributed by atoms with E-state index >= 15 is 0 Å². The van der Waals surface area contributed by atoms with Crippen LogP contribution in [0.25, 0.3) is 16.6 Å². The van der Waals surface area contributed by atoms with Crippen molar-refractivity contribution in [1.29, 1.82) is 0 Å². The van der Waals surface area contributed by atoms with Crippen molar-refractivity contribution in [3.8, 4) is 0 Å². The van der Waals surface area contributed by atoms with Crippen LogP contribution in [0.3, 0.4) is 0 Å². The number of fused-ring (bicyclic) bond motifs is 1. The summed E-state index contributed by atoms with van der Waals surface area (Å²) in [7, 11) is 0. The first-order valence-corrected chi connectivity index (χ1v) is 7.93. The highest BCUT2D eigenvalue weighted by molar-refractivity contribution is 6.29. The van der Waals surface area contributed by atoms with Crippen molar-refractivity contribution in [3.63, 3.8) is 0 Å². The van der Waals surface area contributed by atoms with Gasteiger partial charge in [-0.05, 0) is 41.5 Å². The molecule has 3 rings (SSSR count). The average molecular weight is 340 g/mol. The molecule has 0 spiro atoms. The second kappa shape index (κ2) is 7.29. The van der Waals surface area contributed by atoms with Crippen molar-refractivity contribution in [2.45, 2.75) is 6.54 Å². The van der Waals surface area contributed by atoms with Crippen LogP contribution in [0.4, 0.5) is 5.69 Å². The lowest BCUT2D eigenvalue weighted by Crippen LogP contribution is -2.10. The lowest BCUT2D eigenvalue weighted by molar-refractivity contribution is 0.869. The maximum atomic E-state index is 5.95. The Labute approximate surface area is 145 Å². The molecule has 122 valence electrons. The number of hydrogen-bond acceptors (Lipinski definition) is 5. The van der Waals surface area contributed by atoms with E-state index in [4.69, 9.17) is 23.1 Å². The lowest BCUT2D eigenvalue weighted by atomic mass is 10.1. The van der Waals surface area contributed by atoms with E-state index in [-0.39, 0.29) is 0 Å². The van der Waals surface area contributed by atoms with Gasteiger partial charge in [-0.15, -0.1) is 0 Å². The van der Waals surface area contributed by atoms with Crippen LogP contribution in [-0.4, -0.2) is 16.5 Å². The Hall–Kier alpha value is -2.63. The molecule has 0 radical (unpaired) electrons. The van der Waals surface area contributed by atoms with Crippen LogP contribution in [0.15, 0.2) is 54.9 Å². The third-order valence-electron chi connectivity index (χ3n) is 3.66. The highest BCUT2D eigenvalue weighted by atomic mass is 35.5. The zero-order chi connectivity index (χ0) is 16.9. The minimum absolute atomic E-state index is 0.391. The van der Waals surface area contributed by atoms with Crippen molar-refractivity contribution in [3.05, 3.63) is 71.1 Å². The SMILES string of the molecule is NC/C(=C\NCc1ccc(N)cc1)c1cnc2ccc(Cl)nc2c1. The van der Waals surface area contributed by atoms with Crippen molar-refractivity contribution in [2.75, 3.05) is 12.3 Å². The van der Waals surface area contributed by atoms with E-state index in [1.165, 1.54) is 0 Å². The van der Waals surface area contributed by atoms with Crippen LogP contribution in [0.1, 0.15) is 11.1 Å². The number of halogens is 1. The molecule has 0 fully saturated rings. The number of hydrogen-bond donors (Lipinski definition) is 3. The molecule has 5 N–H and O–H groups in total. The number of pyridine rings is 2. The third-order valence-corrected chi connectivity index (χ3v) is 3.87. The summed E-state index contributed by atoms with van der Waals surface area (Å²) in [6, 6.07) is 13.3. The predicted octanol–water partition coefficient (Wildman–Crippen LogP) is 2.95. The van der Waals surface area contributed by atoms with Gasteiger partial charge in [0.15, 0.2) is 0 Å². The van der Waals surface area contributed by atoms with Crippen LogP contribution in [0.2, 0.25) is 5.15 Å². The molecule has 0 aliphatic carbocycles. The van der Waals surface area contributed by atoms with Gasteiger partial charge in [-0.25, -0.2) is 4.98 Å². The maximum absolute atomic E-state index is 5.95. The van der Waals surface area contributed by atoms with Crippen LogP contribution >= 0.6 is 11.6 Å². The van der Waals surface area contributed by atoms with E-state index in [9.17, 15) is 0 Å². The zero-order valence-electron chi connectivity index (χ0n) is 13.0. The summed E-state index contributed by atoms with van der Waals surface area (Å²) >= 11 is 5.95. The molecule has 0 saturated carbocycles. The minimum atomic E-state index is 0.391. The van der Waals surface area contributed by atoms with Gasteiger partial charge in [0.25, 0.3) is 0 Å². The van der Waals surface area contributed by atoms with Gasteiger partial charge in [-0.3, -0.25) is 4.98 Å². The number of anilines is 1. The predicted molar refractivity (Wildman–Crippen MR) is 99.3 cm³/mol. The Morgan fingerprint density at radius 1 is 1.12 bits per heavy atom. The van der Waals surface area contributed by atoms with Gasteiger partial charge in [-0.1, -0.05) is 23.7 Å². The van der Waals surface area contributed by atoms with Gasteiger partial charge < -0.3 is 16.8 Å². The number of benzene rings is 1. The Morgan fingerprint density at radius 3 is 2.67 bits per heavy atom. The largest absolute Gasteiger partial charge is 0.399 e. The standard InChI is InChI=1S/C18H18ClN5/c19-18-6-5-16-17(24-18)7-13(11-23-16)14(8-20)10-22-9-12-1-3-15(21)4-2-12/h1-7,10-11,22H,8-9,20-21H2/b14-10+. The van der Waals surface area contributed by atoms with E-state index in [1.54, 1.807) is 12.3 Å². The van der Waals surface area contributed by atoms with Crippen molar-refractivity contribution < 1.29 is 0 Å². The molecule has 0 atom stereocenters. The summed E-state index contributed by atoms with van der Waals surface area (Å²) in [4.78, 5) is 8.70. The highest BCUT2D eigenvalue weighted by Gasteiger charge is 2.04. The summed E-state index contributed by atoms with van der Waals surface area (Å²) in [5.41, 5.74) is 16.9. The first-order chi connectivity index (χ1) is 11.7. The molecule has 0 bridgehead atoms. The fourth-order valence-corrected chi connectivity index (χ4v) is 2.50. The van der Waals surface area contributed by atoms with Crippen LogP contribution in [-0.2, 0) is 6.54 Å². The molecule has 0 aliphatic heterocycles. The zero-order valence-corrected chi connectivity index (χ0v) is 13.8. The molecule has 2 heterocycles. The van der Waals surface area contributed by atoms with Gasteiger partial charge in [0.1, 0.15) is 5.15 Å². The lowest BCUT2D eigenvalue weighted by Gasteiger charge is -2.08. The molecule has 0 aliphatic rings. The van der Waals surface area contributed by atoms with Crippen molar-refractivity contribution >= 4 is 33.9 Å². The maximum Gasteiger partial charge on any atom is 0.129 e. The molecule has 6 heteroatoms. The van der Waals surface area contributed by atoms with Crippen LogP contribution < -0.4 is 16.8 Å². The topological polar surface area (TPSA) is 89.8 Å². The molecular formula is C18H18ClN5. The van der Waals surface area contributed by atoms with Crippen molar-refractivity contribution in [1.82, 2.24) is 15.3 Å². The number of nitrogens with one attached hydrogen (secondary N) is 1. The second-order valence-electron chi connectivity index (χ2n) is 5.39. The van der Waals surface area contributed by atoms with Gasteiger partial charge >= 0.3 is 0 Å². The number of rotatable bonds is 5.